The van der Waals surface area contributed by atoms with Gasteiger partial charge in [0.25, 0.3) is 0 Å². The molecule has 1 aliphatic rings. The Labute approximate surface area is 129 Å². The fraction of sp³-hybridized carbons (Fsp3) is 0.211. The van der Waals surface area contributed by atoms with E-state index in [1.165, 1.54) is 0 Å². The Hall–Kier alpha value is -2.55. The van der Waals surface area contributed by atoms with Crippen molar-refractivity contribution in [1.29, 1.82) is 0 Å². The maximum Gasteiger partial charge on any atom is 0.173 e. The van der Waals surface area contributed by atoms with Gasteiger partial charge in [-0.05, 0) is 12.8 Å². The van der Waals surface area contributed by atoms with Gasteiger partial charge in [-0.15, -0.1) is 0 Å². The number of ketones is 3. The Bertz CT molecular complexity index is 642. The zero-order chi connectivity index (χ0) is 15.5. The molecule has 1 saturated carbocycles. The van der Waals surface area contributed by atoms with Crippen molar-refractivity contribution in [3.05, 3.63) is 71.8 Å². The standard InChI is InChI=1S/C19H16O3/c20-17(13-7-3-1-4-8-13)15-11-12-16(19(15)22)18(21)14-9-5-2-6-10-14/h1-10,15-16H,11-12H2/t15-,16-/m1/s1. The van der Waals surface area contributed by atoms with Crippen molar-refractivity contribution in [2.75, 3.05) is 0 Å². The van der Waals surface area contributed by atoms with Crippen LogP contribution in [0.1, 0.15) is 33.6 Å². The molecule has 0 bridgehead atoms. The van der Waals surface area contributed by atoms with E-state index in [4.69, 9.17) is 0 Å². The summed E-state index contributed by atoms with van der Waals surface area (Å²) in [4.78, 5) is 37.4. The second-order valence-corrected chi connectivity index (χ2v) is 5.55. The van der Waals surface area contributed by atoms with Crippen LogP contribution < -0.4 is 0 Å². The zero-order valence-corrected chi connectivity index (χ0v) is 12.1. The first-order chi connectivity index (χ1) is 10.7. The third kappa shape index (κ3) is 2.62. The number of benzene rings is 2. The van der Waals surface area contributed by atoms with Crippen LogP contribution in [-0.2, 0) is 4.79 Å². The van der Waals surface area contributed by atoms with E-state index in [0.29, 0.717) is 24.0 Å². The van der Waals surface area contributed by atoms with Gasteiger partial charge in [-0.1, -0.05) is 60.7 Å². The molecule has 3 heteroatoms. The molecule has 2 aromatic rings. The summed E-state index contributed by atoms with van der Waals surface area (Å²) in [6, 6.07) is 17.6. The molecule has 0 unspecified atom stereocenters. The molecule has 22 heavy (non-hydrogen) atoms. The van der Waals surface area contributed by atoms with Crippen molar-refractivity contribution in [1.82, 2.24) is 0 Å². The van der Waals surface area contributed by atoms with E-state index in [2.05, 4.69) is 0 Å². The lowest BCUT2D eigenvalue weighted by molar-refractivity contribution is -0.121. The first kappa shape index (κ1) is 14.4. The lowest BCUT2D eigenvalue weighted by Gasteiger charge is -2.09. The van der Waals surface area contributed by atoms with Crippen molar-refractivity contribution < 1.29 is 14.4 Å². The minimum Gasteiger partial charge on any atom is -0.298 e. The molecule has 110 valence electrons. The van der Waals surface area contributed by atoms with E-state index in [1.54, 1.807) is 48.5 Å². The predicted molar refractivity (Wildman–Crippen MR) is 82.8 cm³/mol. The highest BCUT2D eigenvalue weighted by molar-refractivity contribution is 6.20. The summed E-state index contributed by atoms with van der Waals surface area (Å²) in [6.07, 6.45) is 0.908. The van der Waals surface area contributed by atoms with E-state index in [9.17, 15) is 14.4 Å². The third-order valence-corrected chi connectivity index (χ3v) is 4.18. The summed E-state index contributed by atoms with van der Waals surface area (Å²) in [6.45, 7) is 0. The Morgan fingerprint density at radius 3 is 1.41 bits per heavy atom. The highest BCUT2D eigenvalue weighted by Crippen LogP contribution is 2.32. The SMILES string of the molecule is O=C(c1ccccc1)[C@H]1CC[C@H](C(=O)c2ccccc2)C1=O. The first-order valence-corrected chi connectivity index (χ1v) is 7.40. The van der Waals surface area contributed by atoms with Crippen LogP contribution in [-0.4, -0.2) is 17.3 Å². The first-order valence-electron chi connectivity index (χ1n) is 7.40. The minimum absolute atomic E-state index is 0.172. The molecule has 0 saturated heterocycles. The largest absolute Gasteiger partial charge is 0.298 e. The lowest BCUT2D eigenvalue weighted by atomic mass is 9.91. The van der Waals surface area contributed by atoms with Crippen molar-refractivity contribution in [3.63, 3.8) is 0 Å². The monoisotopic (exact) mass is 292 g/mol. The molecule has 0 heterocycles. The van der Waals surface area contributed by atoms with E-state index in [1.807, 2.05) is 12.1 Å². The molecule has 0 aromatic heterocycles. The zero-order valence-electron chi connectivity index (χ0n) is 12.1. The smallest absolute Gasteiger partial charge is 0.173 e. The van der Waals surface area contributed by atoms with Crippen LogP contribution in [0.3, 0.4) is 0 Å². The van der Waals surface area contributed by atoms with Crippen LogP contribution >= 0.6 is 0 Å². The maximum atomic E-state index is 12.5. The van der Waals surface area contributed by atoms with Gasteiger partial charge in [0.2, 0.25) is 0 Å². The van der Waals surface area contributed by atoms with Gasteiger partial charge in [0, 0.05) is 11.1 Å². The minimum atomic E-state index is -0.680. The highest BCUT2D eigenvalue weighted by Gasteiger charge is 2.42. The van der Waals surface area contributed by atoms with E-state index < -0.39 is 11.8 Å². The Morgan fingerprint density at radius 1 is 0.682 bits per heavy atom. The molecule has 1 fully saturated rings. The second kappa shape index (κ2) is 6.06. The Kier molecular flexibility index (Phi) is 3.96. The molecule has 2 aromatic carbocycles. The van der Waals surface area contributed by atoms with E-state index in [-0.39, 0.29) is 17.3 Å². The quantitative estimate of drug-likeness (QED) is 0.641. The van der Waals surface area contributed by atoms with Gasteiger partial charge in [-0.3, -0.25) is 14.4 Å². The Morgan fingerprint density at radius 2 is 1.05 bits per heavy atom. The van der Waals surface area contributed by atoms with Gasteiger partial charge in [0.15, 0.2) is 17.3 Å². The summed E-state index contributed by atoms with van der Waals surface area (Å²) >= 11 is 0. The van der Waals surface area contributed by atoms with Crippen LogP contribution in [0, 0.1) is 11.8 Å². The number of rotatable bonds is 4. The summed E-state index contributed by atoms with van der Waals surface area (Å²) in [5.41, 5.74) is 1.07. The van der Waals surface area contributed by atoms with Crippen LogP contribution in [0.25, 0.3) is 0 Å². The topological polar surface area (TPSA) is 51.2 Å². The molecule has 0 N–H and O–H groups in total. The van der Waals surface area contributed by atoms with Crippen molar-refractivity contribution >= 4 is 17.3 Å². The molecule has 0 aliphatic heterocycles. The van der Waals surface area contributed by atoms with E-state index >= 15 is 0 Å². The highest BCUT2D eigenvalue weighted by atomic mass is 16.2. The summed E-state index contributed by atoms with van der Waals surface area (Å²) in [5, 5.41) is 0. The number of Topliss-reactive ketones (excluding diaryl/α,β-unsaturated/α-hetero) is 3. The van der Waals surface area contributed by atoms with Crippen LogP contribution in [0.2, 0.25) is 0 Å². The number of hydrogen-bond donors (Lipinski definition) is 0. The molecule has 0 radical (unpaired) electrons. The van der Waals surface area contributed by atoms with Crippen LogP contribution in [0.4, 0.5) is 0 Å². The van der Waals surface area contributed by atoms with Gasteiger partial charge >= 0.3 is 0 Å². The second-order valence-electron chi connectivity index (χ2n) is 5.55. The number of carbonyl (C=O) groups is 3. The van der Waals surface area contributed by atoms with Crippen molar-refractivity contribution in [2.24, 2.45) is 11.8 Å². The average Bonchev–Trinajstić information content (AvgIpc) is 2.96. The Balaban J connectivity index is 1.78. The number of carbonyl (C=O) groups excluding carboxylic acids is 3. The van der Waals surface area contributed by atoms with Gasteiger partial charge in [0.05, 0.1) is 11.8 Å². The predicted octanol–water partition coefficient (Wildman–Crippen LogP) is 3.35. The molecular formula is C19H16O3. The van der Waals surface area contributed by atoms with Gasteiger partial charge in [-0.25, -0.2) is 0 Å². The van der Waals surface area contributed by atoms with Gasteiger partial charge in [0.1, 0.15) is 0 Å². The molecular weight excluding hydrogens is 276 g/mol. The van der Waals surface area contributed by atoms with Crippen molar-refractivity contribution in [3.8, 4) is 0 Å². The summed E-state index contributed by atoms with van der Waals surface area (Å²) < 4.78 is 0. The number of hydrogen-bond acceptors (Lipinski definition) is 3. The fourth-order valence-electron chi connectivity index (χ4n) is 2.99. The summed E-state index contributed by atoms with van der Waals surface area (Å²) in [5.74, 6) is -1.94. The van der Waals surface area contributed by atoms with E-state index in [0.717, 1.165) is 0 Å². The molecule has 3 nitrogen and oxygen atoms in total. The molecule has 2 atom stereocenters. The van der Waals surface area contributed by atoms with Crippen LogP contribution in [0.15, 0.2) is 60.7 Å². The van der Waals surface area contributed by atoms with Crippen molar-refractivity contribution in [2.45, 2.75) is 12.8 Å². The molecule has 1 aliphatic carbocycles. The average molecular weight is 292 g/mol. The normalized spacial score (nSPS) is 20.8. The molecule has 3 rings (SSSR count). The lowest BCUT2D eigenvalue weighted by Crippen LogP contribution is -2.26. The molecule has 0 spiro atoms. The maximum absolute atomic E-state index is 12.5. The van der Waals surface area contributed by atoms with Crippen LogP contribution in [0.5, 0.6) is 0 Å². The third-order valence-electron chi connectivity index (χ3n) is 4.18. The molecule has 0 amide bonds. The van der Waals surface area contributed by atoms with Gasteiger partial charge in [-0.2, -0.15) is 0 Å². The summed E-state index contributed by atoms with van der Waals surface area (Å²) in [7, 11) is 0. The fourth-order valence-corrected chi connectivity index (χ4v) is 2.99. The van der Waals surface area contributed by atoms with Gasteiger partial charge < -0.3 is 0 Å².